The van der Waals surface area contributed by atoms with E-state index in [4.69, 9.17) is 4.52 Å². The third-order valence-corrected chi connectivity index (χ3v) is 10.1. The van der Waals surface area contributed by atoms with Crippen LogP contribution < -0.4 is 25.8 Å². The molecule has 2 aliphatic heterocycles. The molecule has 56 heavy (non-hydrogen) atoms. The first-order valence-electron chi connectivity index (χ1n) is 18.9. The molecule has 2 aliphatic rings. The standard InChI is InChI=1S/C41H47N11O4/c1-26-22-29(8-12-32(26)27(2)45-37(54)38-48-39(49-56-38)41(3,4)5)33-23-35(44-25-43-33)46-34-13-11-31(24-42-34)51-20-18-50(19-21-51)16-14-28-6-9-30(10-7-28)52-17-15-36(53)47-40(52)55/h6-13,22-25,27H,14-21H2,1-5H3,(H,45,54)(H,47,53,55)(H,42,43,44,46). The summed E-state index contributed by atoms with van der Waals surface area (Å²) >= 11 is 0. The lowest BCUT2D eigenvalue weighted by atomic mass is 9.96. The second-order valence-electron chi connectivity index (χ2n) is 15.3. The number of carbonyl (C=O) groups excluding carboxylic acids is 3. The molecule has 1 unspecified atom stereocenters. The Bertz CT molecular complexity index is 2190. The van der Waals surface area contributed by atoms with Crippen molar-refractivity contribution >= 4 is 40.9 Å². The zero-order valence-electron chi connectivity index (χ0n) is 32.4. The molecule has 5 heterocycles. The number of benzene rings is 2. The number of pyridine rings is 1. The van der Waals surface area contributed by atoms with Gasteiger partial charge in [0, 0.05) is 68.4 Å². The number of nitrogens with one attached hydrogen (secondary N) is 3. The van der Waals surface area contributed by atoms with Crippen LogP contribution in [-0.4, -0.2) is 87.1 Å². The molecule has 2 saturated heterocycles. The third-order valence-electron chi connectivity index (χ3n) is 10.1. The lowest BCUT2D eigenvalue weighted by Gasteiger charge is -2.36. The Kier molecular flexibility index (Phi) is 11.0. The molecular weight excluding hydrogens is 711 g/mol. The molecule has 290 valence electrons. The number of piperazine rings is 1. The maximum absolute atomic E-state index is 12.8. The highest BCUT2D eigenvalue weighted by Crippen LogP contribution is 2.27. The lowest BCUT2D eigenvalue weighted by Crippen LogP contribution is -2.49. The Hall–Kier alpha value is -6.22. The quantitative estimate of drug-likeness (QED) is 0.153. The first-order chi connectivity index (χ1) is 26.9. The number of amides is 4. The molecule has 2 aromatic carbocycles. The summed E-state index contributed by atoms with van der Waals surface area (Å²) in [5.41, 5.74) is 6.41. The van der Waals surface area contributed by atoms with Crippen molar-refractivity contribution in [2.24, 2.45) is 0 Å². The van der Waals surface area contributed by atoms with Crippen molar-refractivity contribution in [2.75, 3.05) is 54.4 Å². The predicted molar refractivity (Wildman–Crippen MR) is 213 cm³/mol. The van der Waals surface area contributed by atoms with Crippen molar-refractivity contribution in [3.8, 4) is 11.3 Å². The molecule has 7 rings (SSSR count). The molecule has 15 nitrogen and oxygen atoms in total. The number of nitrogens with zero attached hydrogens (tertiary/aromatic N) is 8. The van der Waals surface area contributed by atoms with Gasteiger partial charge in [-0.15, -0.1) is 0 Å². The average molecular weight is 758 g/mol. The van der Waals surface area contributed by atoms with Gasteiger partial charge in [0.25, 0.3) is 0 Å². The molecule has 3 N–H and O–H groups in total. The molecule has 0 aliphatic carbocycles. The van der Waals surface area contributed by atoms with E-state index < -0.39 is 5.91 Å². The zero-order chi connectivity index (χ0) is 39.4. The van der Waals surface area contributed by atoms with Gasteiger partial charge in [-0.2, -0.15) is 4.98 Å². The first kappa shape index (κ1) is 38.1. The van der Waals surface area contributed by atoms with E-state index in [1.165, 1.54) is 11.9 Å². The van der Waals surface area contributed by atoms with Crippen LogP contribution in [0.3, 0.4) is 0 Å². The Morgan fingerprint density at radius 3 is 2.36 bits per heavy atom. The van der Waals surface area contributed by atoms with E-state index in [-0.39, 0.29) is 29.3 Å². The van der Waals surface area contributed by atoms with Crippen LogP contribution >= 0.6 is 0 Å². The van der Waals surface area contributed by atoms with E-state index >= 15 is 0 Å². The smallest absolute Gasteiger partial charge is 0.328 e. The van der Waals surface area contributed by atoms with E-state index in [1.54, 1.807) is 4.90 Å². The highest BCUT2D eigenvalue weighted by atomic mass is 16.5. The van der Waals surface area contributed by atoms with Gasteiger partial charge in [-0.3, -0.25) is 24.7 Å². The van der Waals surface area contributed by atoms with Crippen LogP contribution in [0.25, 0.3) is 11.3 Å². The second-order valence-corrected chi connectivity index (χ2v) is 15.3. The summed E-state index contributed by atoms with van der Waals surface area (Å²) in [4.78, 5) is 60.7. The Morgan fingerprint density at radius 1 is 0.911 bits per heavy atom. The van der Waals surface area contributed by atoms with E-state index in [0.717, 1.165) is 72.9 Å². The fourth-order valence-corrected chi connectivity index (χ4v) is 6.81. The van der Waals surface area contributed by atoms with Gasteiger partial charge in [0.05, 0.1) is 23.6 Å². The average Bonchev–Trinajstić information content (AvgIpc) is 3.70. The second kappa shape index (κ2) is 16.3. The van der Waals surface area contributed by atoms with Gasteiger partial charge in [0.2, 0.25) is 5.91 Å². The van der Waals surface area contributed by atoms with Crippen molar-refractivity contribution < 1.29 is 18.9 Å². The molecule has 2 fully saturated rings. The van der Waals surface area contributed by atoms with Crippen molar-refractivity contribution in [2.45, 2.75) is 58.9 Å². The molecule has 3 aromatic heterocycles. The minimum absolute atomic E-state index is 0.0549. The lowest BCUT2D eigenvalue weighted by molar-refractivity contribution is -0.120. The van der Waals surface area contributed by atoms with Crippen LogP contribution in [0.2, 0.25) is 0 Å². The van der Waals surface area contributed by atoms with Gasteiger partial charge in [0.1, 0.15) is 18.0 Å². The summed E-state index contributed by atoms with van der Waals surface area (Å²) in [7, 11) is 0. The maximum atomic E-state index is 12.8. The van der Waals surface area contributed by atoms with Crippen LogP contribution in [0.1, 0.15) is 73.4 Å². The van der Waals surface area contributed by atoms with E-state index in [1.807, 2.05) is 83.3 Å². The molecule has 15 heteroatoms. The van der Waals surface area contributed by atoms with Crippen molar-refractivity contribution in [3.63, 3.8) is 0 Å². The summed E-state index contributed by atoms with van der Waals surface area (Å²) in [5.74, 6) is 1.09. The van der Waals surface area contributed by atoms with Gasteiger partial charge < -0.3 is 20.1 Å². The van der Waals surface area contributed by atoms with Crippen LogP contribution in [0.15, 0.2) is 77.7 Å². The molecule has 1 atom stereocenters. The largest absolute Gasteiger partial charge is 0.368 e. The zero-order valence-corrected chi connectivity index (χ0v) is 32.4. The van der Waals surface area contributed by atoms with Crippen LogP contribution in [0.5, 0.6) is 0 Å². The molecule has 0 radical (unpaired) electrons. The van der Waals surface area contributed by atoms with Gasteiger partial charge in [-0.25, -0.2) is 19.7 Å². The summed E-state index contributed by atoms with van der Waals surface area (Å²) < 4.78 is 5.21. The summed E-state index contributed by atoms with van der Waals surface area (Å²) in [6, 6.07) is 19.3. The Morgan fingerprint density at radius 2 is 1.68 bits per heavy atom. The number of aromatic nitrogens is 5. The van der Waals surface area contributed by atoms with E-state index in [2.05, 4.69) is 69.0 Å². The number of hydrogen-bond donors (Lipinski definition) is 3. The molecule has 0 bridgehead atoms. The number of anilines is 4. The van der Waals surface area contributed by atoms with Gasteiger partial charge in [-0.05, 0) is 67.3 Å². The SMILES string of the molecule is Cc1cc(-c2cc(Nc3ccc(N4CCN(CCc5ccc(N6CCC(=O)NC6=O)cc5)CC4)cn3)ncn2)ccc1C(C)NC(=O)c1nc(C(C)(C)C)no1. The van der Waals surface area contributed by atoms with Crippen LogP contribution in [-0.2, 0) is 16.6 Å². The van der Waals surface area contributed by atoms with Crippen LogP contribution in [0, 0.1) is 6.92 Å². The molecule has 0 spiro atoms. The van der Waals surface area contributed by atoms with Gasteiger partial charge in [-0.1, -0.05) is 50.2 Å². The number of carbonyl (C=O) groups is 3. The minimum atomic E-state index is -0.417. The summed E-state index contributed by atoms with van der Waals surface area (Å²) in [6.07, 6.45) is 4.66. The van der Waals surface area contributed by atoms with Crippen molar-refractivity contribution in [1.82, 2.24) is 40.6 Å². The topological polar surface area (TPSA) is 175 Å². The number of aryl methyl sites for hydroxylation is 1. The number of hydrogen-bond acceptors (Lipinski definition) is 12. The summed E-state index contributed by atoms with van der Waals surface area (Å²) in [6.45, 7) is 14.9. The maximum Gasteiger partial charge on any atom is 0.328 e. The number of imide groups is 1. The van der Waals surface area contributed by atoms with Crippen molar-refractivity contribution in [3.05, 3.63) is 102 Å². The first-order valence-corrected chi connectivity index (χ1v) is 18.9. The highest BCUT2D eigenvalue weighted by Gasteiger charge is 2.26. The molecule has 0 saturated carbocycles. The van der Waals surface area contributed by atoms with Crippen molar-refractivity contribution in [1.29, 1.82) is 0 Å². The Balaban J connectivity index is 0.884. The third kappa shape index (κ3) is 9.00. The predicted octanol–water partition coefficient (Wildman–Crippen LogP) is 5.57. The van der Waals surface area contributed by atoms with Crippen LogP contribution in [0.4, 0.5) is 27.8 Å². The van der Waals surface area contributed by atoms with Gasteiger partial charge in [0.15, 0.2) is 5.82 Å². The molecule has 4 amide bonds. The van der Waals surface area contributed by atoms with E-state index in [0.29, 0.717) is 30.4 Å². The van der Waals surface area contributed by atoms with Gasteiger partial charge >= 0.3 is 17.8 Å². The summed E-state index contributed by atoms with van der Waals surface area (Å²) in [5, 5.41) is 12.6. The highest BCUT2D eigenvalue weighted by molar-refractivity contribution is 6.05. The molecular formula is C41H47N11O4. The molecule has 5 aromatic rings. The fraction of sp³-hybridized carbons (Fsp3) is 0.366. The number of rotatable bonds is 11. The number of urea groups is 1. The monoisotopic (exact) mass is 757 g/mol. The normalized spacial score (nSPS) is 15.7. The minimum Gasteiger partial charge on any atom is -0.368 e. The Labute approximate surface area is 325 Å². The van der Waals surface area contributed by atoms with E-state index in [9.17, 15) is 14.4 Å². The fourth-order valence-electron chi connectivity index (χ4n) is 6.81.